The number of carbonyl (C=O) groups excluding carboxylic acids is 1. The largest absolute Gasteiger partial charge is 0.370 e. The first kappa shape index (κ1) is 14.7. The van der Waals surface area contributed by atoms with Crippen molar-refractivity contribution in [2.75, 3.05) is 0 Å². The van der Waals surface area contributed by atoms with E-state index in [1.807, 2.05) is 0 Å². The second-order valence-corrected chi connectivity index (χ2v) is 6.08. The van der Waals surface area contributed by atoms with Crippen LogP contribution in [0, 0.1) is 5.92 Å². The average Bonchev–Trinajstić information content (AvgIpc) is 2.81. The van der Waals surface area contributed by atoms with Gasteiger partial charge in [0.1, 0.15) is 0 Å². The molecule has 0 aliphatic carbocycles. The zero-order valence-corrected chi connectivity index (χ0v) is 12.4. The molecule has 20 heavy (non-hydrogen) atoms. The Morgan fingerprint density at radius 2 is 2.25 bits per heavy atom. The third kappa shape index (κ3) is 3.08. The molecule has 2 heterocycles. The molecule has 3 N–H and O–H groups in total. The Balaban J connectivity index is 2.38. The summed E-state index contributed by atoms with van der Waals surface area (Å²) in [6.45, 7) is 4.35. The number of pyridine rings is 1. The summed E-state index contributed by atoms with van der Waals surface area (Å²) in [5.74, 6) is 4.91. The Bertz CT molecular complexity index is 673. The molecule has 0 amide bonds. The van der Waals surface area contributed by atoms with E-state index in [9.17, 15) is 9.59 Å². The molecule has 2 aromatic heterocycles. The van der Waals surface area contributed by atoms with Crippen LogP contribution in [0.15, 0.2) is 16.2 Å². The smallest absolute Gasteiger partial charge is 0.359 e. The molecule has 6 heteroatoms. The van der Waals surface area contributed by atoms with Crippen LogP contribution in [0.2, 0.25) is 0 Å². The van der Waals surface area contributed by atoms with Crippen LogP contribution in [0.5, 0.6) is 0 Å². The average molecular weight is 294 g/mol. The molecule has 0 atom stereocenters. The molecule has 2 aromatic rings. The highest BCUT2D eigenvalue weighted by Gasteiger charge is 2.16. The lowest BCUT2D eigenvalue weighted by Crippen LogP contribution is -2.12. The summed E-state index contributed by atoms with van der Waals surface area (Å²) in [6.07, 6.45) is 2.96. The number of aromatic amines is 1. The zero-order valence-electron chi connectivity index (χ0n) is 11.6. The first-order valence-corrected chi connectivity index (χ1v) is 7.45. The number of nitrogens with two attached hydrogens (primary N) is 1. The maximum absolute atomic E-state index is 11.7. The molecule has 108 valence electrons. The van der Waals surface area contributed by atoms with Gasteiger partial charge < -0.3 is 9.82 Å². The summed E-state index contributed by atoms with van der Waals surface area (Å²) in [7, 11) is 0. The van der Waals surface area contributed by atoms with E-state index in [1.165, 1.54) is 11.3 Å². The zero-order chi connectivity index (χ0) is 14.7. The van der Waals surface area contributed by atoms with Crippen LogP contribution in [0.3, 0.4) is 0 Å². The van der Waals surface area contributed by atoms with Crippen LogP contribution in [-0.2, 0) is 11.3 Å². The maximum Gasteiger partial charge on any atom is 0.359 e. The van der Waals surface area contributed by atoms with Crippen molar-refractivity contribution in [2.45, 2.75) is 33.1 Å². The second kappa shape index (κ2) is 6.19. The predicted molar refractivity (Wildman–Crippen MR) is 79.8 cm³/mol. The van der Waals surface area contributed by atoms with Gasteiger partial charge in [-0.25, -0.2) is 4.79 Å². The summed E-state index contributed by atoms with van der Waals surface area (Å²) in [5.41, 5.74) is 1.61. The number of aryl methyl sites for hydroxylation is 1. The Morgan fingerprint density at radius 1 is 1.50 bits per heavy atom. The molecule has 0 fully saturated rings. The fourth-order valence-electron chi connectivity index (χ4n) is 2.20. The van der Waals surface area contributed by atoms with Gasteiger partial charge in [-0.2, -0.15) is 5.90 Å². The highest BCUT2D eigenvalue weighted by Crippen LogP contribution is 2.27. The third-order valence-corrected chi connectivity index (χ3v) is 4.25. The van der Waals surface area contributed by atoms with Crippen molar-refractivity contribution in [3.63, 3.8) is 0 Å². The summed E-state index contributed by atoms with van der Waals surface area (Å²) in [4.78, 5) is 30.2. The van der Waals surface area contributed by atoms with Gasteiger partial charge in [0.2, 0.25) is 5.56 Å². The molecule has 5 nitrogen and oxygen atoms in total. The van der Waals surface area contributed by atoms with E-state index >= 15 is 0 Å². The van der Waals surface area contributed by atoms with Crippen molar-refractivity contribution in [1.82, 2.24) is 4.98 Å². The van der Waals surface area contributed by atoms with E-state index < -0.39 is 5.97 Å². The first-order valence-electron chi connectivity index (χ1n) is 6.57. The lowest BCUT2D eigenvalue weighted by atomic mass is 10.0. The van der Waals surface area contributed by atoms with Gasteiger partial charge in [-0.3, -0.25) is 4.79 Å². The molecule has 0 bridgehead atoms. The molecule has 0 aromatic carbocycles. The predicted octanol–water partition coefficient (Wildman–Crippen LogP) is 2.60. The Labute approximate surface area is 120 Å². The number of nitrogens with one attached hydrogen (secondary N) is 1. The van der Waals surface area contributed by atoms with E-state index in [0.717, 1.165) is 29.5 Å². The quantitative estimate of drug-likeness (QED) is 0.830. The molecule has 0 aliphatic heterocycles. The molecule has 0 aliphatic rings. The fourth-order valence-corrected chi connectivity index (χ4v) is 3.24. The Morgan fingerprint density at radius 3 is 2.90 bits per heavy atom. The van der Waals surface area contributed by atoms with Crippen LogP contribution < -0.4 is 11.5 Å². The number of hydrogen-bond acceptors (Lipinski definition) is 5. The third-order valence-electron chi connectivity index (χ3n) is 3.19. The summed E-state index contributed by atoms with van der Waals surface area (Å²) >= 11 is 1.43. The normalized spacial score (nSPS) is 11.2. The minimum Gasteiger partial charge on any atom is -0.370 e. The van der Waals surface area contributed by atoms with Crippen LogP contribution in [0.25, 0.3) is 10.2 Å². The van der Waals surface area contributed by atoms with Crippen LogP contribution in [-0.4, -0.2) is 11.0 Å². The summed E-state index contributed by atoms with van der Waals surface area (Å²) in [6, 6.07) is 1.61. The van der Waals surface area contributed by atoms with Gasteiger partial charge in [-0.15, -0.1) is 11.3 Å². The van der Waals surface area contributed by atoms with Gasteiger partial charge in [0.05, 0.1) is 15.8 Å². The Hall–Kier alpha value is -1.66. The van der Waals surface area contributed by atoms with Crippen LogP contribution >= 0.6 is 11.3 Å². The lowest BCUT2D eigenvalue weighted by Gasteiger charge is -2.05. The van der Waals surface area contributed by atoms with E-state index in [2.05, 4.69) is 23.7 Å². The molecule has 0 spiro atoms. The standard InChI is InChI=1S/C14H18N2O3S/c1-8(2)4-3-5-9-6-11(17)16-12-10(14(18)19-15)7-20-13(9)12/h6-8H,3-5,15H2,1-2H3,(H,16,17). The van der Waals surface area contributed by atoms with Gasteiger partial charge in [0, 0.05) is 11.4 Å². The summed E-state index contributed by atoms with van der Waals surface area (Å²) in [5, 5.41) is 1.67. The number of H-pyrrole nitrogens is 1. The minimum absolute atomic E-state index is 0.207. The number of carbonyl (C=O) groups is 1. The van der Waals surface area contributed by atoms with Crippen molar-refractivity contribution < 1.29 is 9.63 Å². The topological polar surface area (TPSA) is 85.2 Å². The monoisotopic (exact) mass is 294 g/mol. The number of aromatic nitrogens is 1. The maximum atomic E-state index is 11.7. The number of rotatable bonds is 5. The highest BCUT2D eigenvalue weighted by molar-refractivity contribution is 7.17. The molecular weight excluding hydrogens is 276 g/mol. The summed E-state index contributed by atoms with van der Waals surface area (Å²) < 4.78 is 0.925. The van der Waals surface area contributed by atoms with Gasteiger partial charge in [-0.1, -0.05) is 20.3 Å². The van der Waals surface area contributed by atoms with Gasteiger partial charge in [0.15, 0.2) is 0 Å². The van der Waals surface area contributed by atoms with E-state index in [4.69, 9.17) is 5.90 Å². The molecule has 0 saturated carbocycles. The van der Waals surface area contributed by atoms with Gasteiger partial charge in [-0.05, 0) is 24.3 Å². The molecule has 0 radical (unpaired) electrons. The van der Waals surface area contributed by atoms with E-state index in [0.29, 0.717) is 17.0 Å². The van der Waals surface area contributed by atoms with Gasteiger partial charge in [0.25, 0.3) is 0 Å². The molecular formula is C14H18N2O3S. The molecule has 2 rings (SSSR count). The van der Waals surface area contributed by atoms with Crippen molar-refractivity contribution in [2.24, 2.45) is 11.8 Å². The van der Waals surface area contributed by atoms with E-state index in [1.54, 1.807) is 11.4 Å². The molecule has 0 unspecified atom stereocenters. The van der Waals surface area contributed by atoms with Crippen LogP contribution in [0.4, 0.5) is 0 Å². The number of fused-ring (bicyclic) bond motifs is 1. The fraction of sp³-hybridized carbons (Fsp3) is 0.429. The molecule has 0 saturated heterocycles. The minimum atomic E-state index is -0.633. The Kier molecular flexibility index (Phi) is 4.57. The van der Waals surface area contributed by atoms with Crippen molar-refractivity contribution in [3.05, 3.63) is 32.9 Å². The highest BCUT2D eigenvalue weighted by atomic mass is 32.1. The number of hydrogen-bond donors (Lipinski definition) is 2. The number of thiophene rings is 1. The van der Waals surface area contributed by atoms with E-state index in [-0.39, 0.29) is 5.56 Å². The van der Waals surface area contributed by atoms with Crippen LogP contribution in [0.1, 0.15) is 42.6 Å². The van der Waals surface area contributed by atoms with Crippen molar-refractivity contribution >= 4 is 27.5 Å². The lowest BCUT2D eigenvalue weighted by molar-refractivity contribution is 0.0506. The first-order chi connectivity index (χ1) is 9.52. The SMILES string of the molecule is CC(C)CCCc1cc(=O)[nH]c2c(C(=O)ON)csc12. The van der Waals surface area contributed by atoms with Crippen molar-refractivity contribution in [3.8, 4) is 0 Å². The van der Waals surface area contributed by atoms with Crippen molar-refractivity contribution in [1.29, 1.82) is 0 Å². The van der Waals surface area contributed by atoms with Gasteiger partial charge >= 0.3 is 5.97 Å². The second-order valence-electron chi connectivity index (χ2n) is 5.20.